The molecule has 7 heteroatoms. The standard InChI is InChI=1S/C18H30O7/c1-11(6-4-5-7-14(20)13(10-19)17(23)24)9-18(3)16(25-18)12(2)8-15(21)22/h8,11,13-14,16,19-20H,4-7,9-10H2,1-3H3,(H,21,22)(H,23,24)/b12-8+/t11-,13+,14+,16-,18+/m0/s1. The lowest BCUT2D eigenvalue weighted by Crippen LogP contribution is -2.31. The van der Waals surface area contributed by atoms with Gasteiger partial charge in [0.2, 0.25) is 0 Å². The normalized spacial score (nSPS) is 26.8. The molecule has 7 nitrogen and oxygen atoms in total. The third kappa shape index (κ3) is 6.76. The summed E-state index contributed by atoms with van der Waals surface area (Å²) < 4.78 is 5.69. The molecule has 1 aliphatic rings. The Morgan fingerprint density at radius 2 is 1.84 bits per heavy atom. The second-order valence-corrected chi connectivity index (χ2v) is 7.33. The van der Waals surface area contributed by atoms with Gasteiger partial charge in [-0.1, -0.05) is 26.2 Å². The number of hydrogen-bond acceptors (Lipinski definition) is 5. The third-order valence-electron chi connectivity index (χ3n) is 4.83. The number of hydrogen-bond donors (Lipinski definition) is 4. The first-order chi connectivity index (χ1) is 11.6. The van der Waals surface area contributed by atoms with Crippen LogP contribution in [0.2, 0.25) is 0 Å². The first-order valence-corrected chi connectivity index (χ1v) is 8.71. The molecule has 0 aromatic heterocycles. The molecule has 0 radical (unpaired) electrons. The number of ether oxygens (including phenoxy) is 1. The highest BCUT2D eigenvalue weighted by Crippen LogP contribution is 2.46. The topological polar surface area (TPSA) is 128 Å². The largest absolute Gasteiger partial charge is 0.481 e. The van der Waals surface area contributed by atoms with E-state index in [0.717, 1.165) is 19.3 Å². The van der Waals surface area contributed by atoms with Crippen LogP contribution in [0.3, 0.4) is 0 Å². The van der Waals surface area contributed by atoms with Crippen molar-refractivity contribution in [1.29, 1.82) is 0 Å². The number of aliphatic hydroxyl groups excluding tert-OH is 2. The Balaban J connectivity index is 2.29. The third-order valence-corrected chi connectivity index (χ3v) is 4.83. The van der Waals surface area contributed by atoms with Crippen LogP contribution in [0.15, 0.2) is 11.6 Å². The van der Waals surface area contributed by atoms with Gasteiger partial charge in [-0.25, -0.2) is 4.79 Å². The van der Waals surface area contributed by atoms with E-state index in [2.05, 4.69) is 6.92 Å². The van der Waals surface area contributed by atoms with Gasteiger partial charge >= 0.3 is 11.9 Å². The van der Waals surface area contributed by atoms with Crippen molar-refractivity contribution >= 4 is 11.9 Å². The smallest absolute Gasteiger partial charge is 0.328 e. The molecule has 0 amide bonds. The van der Waals surface area contributed by atoms with Crippen LogP contribution in [0.4, 0.5) is 0 Å². The Kier molecular flexibility index (Phi) is 8.05. The Morgan fingerprint density at radius 3 is 2.36 bits per heavy atom. The van der Waals surface area contributed by atoms with E-state index in [1.165, 1.54) is 6.08 Å². The summed E-state index contributed by atoms with van der Waals surface area (Å²) in [6.07, 6.45) is 3.62. The summed E-state index contributed by atoms with van der Waals surface area (Å²) >= 11 is 0. The zero-order valence-corrected chi connectivity index (χ0v) is 15.1. The highest BCUT2D eigenvalue weighted by molar-refractivity contribution is 5.81. The summed E-state index contributed by atoms with van der Waals surface area (Å²) in [5.41, 5.74) is 0.398. The van der Waals surface area contributed by atoms with Crippen LogP contribution in [0.5, 0.6) is 0 Å². The summed E-state index contributed by atoms with van der Waals surface area (Å²) in [6, 6.07) is 0. The fraction of sp³-hybridized carbons (Fsp3) is 0.778. The lowest BCUT2D eigenvalue weighted by Gasteiger charge is -2.18. The van der Waals surface area contributed by atoms with Crippen LogP contribution < -0.4 is 0 Å². The summed E-state index contributed by atoms with van der Waals surface area (Å²) in [7, 11) is 0. The van der Waals surface area contributed by atoms with Crippen molar-refractivity contribution in [2.24, 2.45) is 11.8 Å². The monoisotopic (exact) mass is 358 g/mol. The predicted molar refractivity (Wildman–Crippen MR) is 91.1 cm³/mol. The lowest BCUT2D eigenvalue weighted by atomic mass is 9.88. The van der Waals surface area contributed by atoms with Crippen LogP contribution in [-0.4, -0.2) is 56.8 Å². The summed E-state index contributed by atoms with van der Waals surface area (Å²) in [5.74, 6) is -2.90. The molecular weight excluding hydrogens is 328 g/mol. The van der Waals surface area contributed by atoms with Gasteiger partial charge in [-0.3, -0.25) is 4.79 Å². The van der Waals surface area contributed by atoms with E-state index in [0.29, 0.717) is 24.3 Å². The van der Waals surface area contributed by atoms with Crippen LogP contribution in [0.1, 0.15) is 52.9 Å². The molecule has 25 heavy (non-hydrogen) atoms. The van der Waals surface area contributed by atoms with E-state index < -0.39 is 30.6 Å². The number of aliphatic carboxylic acids is 2. The minimum Gasteiger partial charge on any atom is -0.481 e. The molecule has 1 fully saturated rings. The zero-order valence-electron chi connectivity index (χ0n) is 15.1. The Hall–Kier alpha value is -1.44. The number of aliphatic hydroxyl groups is 2. The molecule has 0 bridgehead atoms. The molecular formula is C18H30O7. The van der Waals surface area contributed by atoms with E-state index >= 15 is 0 Å². The van der Waals surface area contributed by atoms with Crippen LogP contribution >= 0.6 is 0 Å². The van der Waals surface area contributed by atoms with Gasteiger partial charge in [-0.05, 0) is 38.2 Å². The molecule has 144 valence electrons. The minimum absolute atomic E-state index is 0.145. The molecule has 1 heterocycles. The zero-order chi connectivity index (χ0) is 19.2. The summed E-state index contributed by atoms with van der Waals surface area (Å²) in [4.78, 5) is 21.6. The van der Waals surface area contributed by atoms with E-state index in [-0.39, 0.29) is 11.7 Å². The Morgan fingerprint density at radius 1 is 1.24 bits per heavy atom. The average Bonchev–Trinajstić information content (AvgIpc) is 3.14. The average molecular weight is 358 g/mol. The van der Waals surface area contributed by atoms with Crippen LogP contribution in [0, 0.1) is 11.8 Å². The van der Waals surface area contributed by atoms with E-state index in [4.69, 9.17) is 20.1 Å². The molecule has 1 saturated heterocycles. The summed E-state index contributed by atoms with van der Waals surface area (Å²) in [6.45, 7) is 5.28. The maximum Gasteiger partial charge on any atom is 0.328 e. The maximum absolute atomic E-state index is 10.9. The molecule has 5 atom stereocenters. The number of rotatable bonds is 12. The molecule has 1 aliphatic heterocycles. The first-order valence-electron chi connectivity index (χ1n) is 8.71. The van der Waals surface area contributed by atoms with E-state index in [1.807, 2.05) is 6.92 Å². The number of carbonyl (C=O) groups is 2. The molecule has 0 saturated carbocycles. The second-order valence-electron chi connectivity index (χ2n) is 7.33. The Labute approximate surface area is 148 Å². The van der Waals surface area contributed by atoms with Crippen LogP contribution in [-0.2, 0) is 14.3 Å². The van der Waals surface area contributed by atoms with Gasteiger partial charge in [0.1, 0.15) is 12.0 Å². The van der Waals surface area contributed by atoms with Gasteiger partial charge in [-0.15, -0.1) is 0 Å². The number of carboxylic acid groups (broad SMARTS) is 2. The van der Waals surface area contributed by atoms with Crippen molar-refractivity contribution in [3.63, 3.8) is 0 Å². The number of unbranched alkanes of at least 4 members (excludes halogenated alkanes) is 1. The molecule has 0 spiro atoms. The van der Waals surface area contributed by atoms with Gasteiger partial charge in [0.15, 0.2) is 0 Å². The van der Waals surface area contributed by atoms with E-state index in [1.54, 1.807) is 6.92 Å². The van der Waals surface area contributed by atoms with E-state index in [9.17, 15) is 14.7 Å². The van der Waals surface area contributed by atoms with Gasteiger partial charge in [-0.2, -0.15) is 0 Å². The number of carboxylic acids is 2. The van der Waals surface area contributed by atoms with Crippen LogP contribution in [0.25, 0.3) is 0 Å². The summed E-state index contributed by atoms with van der Waals surface area (Å²) in [5, 5.41) is 36.4. The fourth-order valence-electron chi connectivity index (χ4n) is 3.44. The highest BCUT2D eigenvalue weighted by atomic mass is 16.6. The van der Waals surface area contributed by atoms with Crippen molar-refractivity contribution in [3.8, 4) is 0 Å². The van der Waals surface area contributed by atoms with Crippen molar-refractivity contribution in [3.05, 3.63) is 11.6 Å². The predicted octanol–water partition coefficient (Wildman–Crippen LogP) is 1.82. The van der Waals surface area contributed by atoms with Gasteiger partial charge in [0.05, 0.1) is 18.3 Å². The molecule has 4 N–H and O–H groups in total. The minimum atomic E-state index is -1.18. The molecule has 0 unspecified atom stereocenters. The SMILES string of the molecule is C/C(=C\C(=O)O)[C@@H]1O[C@]1(C)C[C@@H](C)CCCC[C@@H](O)[C@@H](CO)C(=O)O. The van der Waals surface area contributed by atoms with Crippen molar-refractivity contribution in [2.45, 2.75) is 70.7 Å². The maximum atomic E-state index is 10.9. The lowest BCUT2D eigenvalue weighted by molar-refractivity contribution is -0.147. The quantitative estimate of drug-likeness (QED) is 0.238. The molecule has 1 rings (SSSR count). The van der Waals surface area contributed by atoms with Crippen molar-refractivity contribution < 1.29 is 34.8 Å². The number of epoxide rings is 1. The second kappa shape index (κ2) is 9.31. The molecule has 0 aromatic rings. The Bertz CT molecular complexity index is 502. The van der Waals surface area contributed by atoms with Crippen molar-refractivity contribution in [1.82, 2.24) is 0 Å². The van der Waals surface area contributed by atoms with Crippen molar-refractivity contribution in [2.75, 3.05) is 6.61 Å². The van der Waals surface area contributed by atoms with Gasteiger partial charge in [0, 0.05) is 6.08 Å². The first kappa shape index (κ1) is 21.6. The molecule has 0 aromatic carbocycles. The highest BCUT2D eigenvalue weighted by Gasteiger charge is 2.53. The van der Waals surface area contributed by atoms with Gasteiger partial charge < -0.3 is 25.2 Å². The molecule has 0 aliphatic carbocycles. The fourth-order valence-corrected chi connectivity index (χ4v) is 3.44. The van der Waals surface area contributed by atoms with Gasteiger partial charge in [0.25, 0.3) is 0 Å².